The summed E-state index contributed by atoms with van der Waals surface area (Å²) in [5.41, 5.74) is 12.3. The minimum absolute atomic E-state index is 0.441. The first-order valence-corrected chi connectivity index (χ1v) is 10.9. The quantitative estimate of drug-likeness (QED) is 0.405. The van der Waals surface area contributed by atoms with Crippen molar-refractivity contribution in [2.24, 2.45) is 11.5 Å². The number of hydrogen-bond acceptors (Lipinski definition) is 4. The molecule has 0 amide bonds. The van der Waals surface area contributed by atoms with Gasteiger partial charge in [0.2, 0.25) is 0 Å². The Hall–Kier alpha value is -0.880. The SMILES string of the molecule is CC(C)(c1cc(Cl)c(OCCCN)c(Cl)c1)c1cc(Cl)c(OCCCN)c(Cl)c1. The Morgan fingerprint density at radius 3 is 1.28 bits per heavy atom. The van der Waals surface area contributed by atoms with Gasteiger partial charge in [-0.2, -0.15) is 0 Å². The van der Waals surface area contributed by atoms with Gasteiger partial charge in [-0.1, -0.05) is 60.3 Å². The summed E-state index contributed by atoms with van der Waals surface area (Å²) in [6.45, 7) is 6.06. The monoisotopic (exact) mass is 478 g/mol. The molecule has 0 radical (unpaired) electrons. The molecule has 0 spiro atoms. The molecule has 4 N–H and O–H groups in total. The minimum atomic E-state index is -0.466. The largest absolute Gasteiger partial charge is 0.490 e. The molecule has 0 aliphatic rings. The zero-order valence-corrected chi connectivity index (χ0v) is 19.6. The highest BCUT2D eigenvalue weighted by atomic mass is 35.5. The maximum absolute atomic E-state index is 6.44. The van der Waals surface area contributed by atoms with E-state index in [-0.39, 0.29) is 0 Å². The van der Waals surface area contributed by atoms with Crippen molar-refractivity contribution in [3.63, 3.8) is 0 Å². The minimum Gasteiger partial charge on any atom is -0.490 e. The summed E-state index contributed by atoms with van der Waals surface area (Å²) < 4.78 is 11.3. The van der Waals surface area contributed by atoms with E-state index in [9.17, 15) is 0 Å². The Labute approximate surface area is 192 Å². The van der Waals surface area contributed by atoms with Crippen LogP contribution in [0.4, 0.5) is 0 Å². The van der Waals surface area contributed by atoms with Crippen LogP contribution in [0.5, 0.6) is 11.5 Å². The number of benzene rings is 2. The molecular formula is C21H26Cl4N2O2. The van der Waals surface area contributed by atoms with E-state index in [1.54, 1.807) is 0 Å². The fourth-order valence-corrected chi connectivity index (χ4v) is 3.99. The highest BCUT2D eigenvalue weighted by Crippen LogP contribution is 2.43. The van der Waals surface area contributed by atoms with Gasteiger partial charge in [0, 0.05) is 5.41 Å². The first-order chi connectivity index (χ1) is 13.7. The topological polar surface area (TPSA) is 70.5 Å². The lowest BCUT2D eigenvalue weighted by molar-refractivity contribution is 0.313. The molecule has 0 aliphatic heterocycles. The summed E-state index contributed by atoms with van der Waals surface area (Å²) in [6, 6.07) is 7.38. The summed E-state index contributed by atoms with van der Waals surface area (Å²) in [7, 11) is 0. The average molecular weight is 480 g/mol. The van der Waals surface area contributed by atoms with Gasteiger partial charge in [0.25, 0.3) is 0 Å². The molecule has 0 fully saturated rings. The van der Waals surface area contributed by atoms with Crippen LogP contribution in [0.2, 0.25) is 20.1 Å². The Kier molecular flexibility index (Phi) is 9.20. The summed E-state index contributed by atoms with van der Waals surface area (Å²) >= 11 is 25.8. The van der Waals surface area contributed by atoms with Crippen LogP contribution in [0, 0.1) is 0 Å². The summed E-state index contributed by atoms with van der Waals surface area (Å²) in [6.07, 6.45) is 1.44. The van der Waals surface area contributed by atoms with Crippen LogP contribution < -0.4 is 20.9 Å². The fourth-order valence-electron chi connectivity index (χ4n) is 2.80. The Morgan fingerprint density at radius 1 is 0.690 bits per heavy atom. The van der Waals surface area contributed by atoms with Gasteiger partial charge in [-0.25, -0.2) is 0 Å². The maximum atomic E-state index is 6.44. The third-order valence-electron chi connectivity index (χ3n) is 4.63. The van der Waals surface area contributed by atoms with E-state index in [0.717, 1.165) is 24.0 Å². The van der Waals surface area contributed by atoms with E-state index in [1.807, 2.05) is 38.1 Å². The van der Waals surface area contributed by atoms with Crippen LogP contribution in [0.15, 0.2) is 24.3 Å². The molecule has 2 aromatic rings. The molecule has 0 aromatic heterocycles. The predicted molar refractivity (Wildman–Crippen MR) is 123 cm³/mol. The molecule has 0 bridgehead atoms. The first kappa shape index (κ1) is 24.4. The van der Waals surface area contributed by atoms with Crippen molar-refractivity contribution in [1.29, 1.82) is 0 Å². The van der Waals surface area contributed by atoms with Crippen LogP contribution in [0.1, 0.15) is 37.8 Å². The zero-order chi connectivity index (χ0) is 21.6. The Morgan fingerprint density at radius 2 is 1.00 bits per heavy atom. The molecule has 29 heavy (non-hydrogen) atoms. The van der Waals surface area contributed by atoms with E-state index < -0.39 is 5.41 Å². The van der Waals surface area contributed by atoms with Gasteiger partial charge in [0.15, 0.2) is 11.5 Å². The summed E-state index contributed by atoms with van der Waals surface area (Å²) in [4.78, 5) is 0. The van der Waals surface area contributed by atoms with Crippen LogP contribution in [-0.4, -0.2) is 26.3 Å². The standard InChI is InChI=1S/C21H26Cl4N2O2/c1-21(2,13-9-15(22)19(16(23)10-13)28-7-3-5-26)14-11-17(24)20(18(25)12-14)29-8-4-6-27/h9-12H,3-8,26-27H2,1-2H3. The van der Waals surface area contributed by atoms with E-state index in [0.29, 0.717) is 57.9 Å². The molecule has 160 valence electrons. The fraction of sp³-hybridized carbons (Fsp3) is 0.429. The molecule has 0 aliphatic carbocycles. The van der Waals surface area contributed by atoms with Crippen molar-refractivity contribution >= 4 is 46.4 Å². The zero-order valence-electron chi connectivity index (χ0n) is 16.5. The molecule has 0 unspecified atom stereocenters. The highest BCUT2D eigenvalue weighted by molar-refractivity contribution is 6.38. The lowest BCUT2D eigenvalue weighted by atomic mass is 9.78. The lowest BCUT2D eigenvalue weighted by Gasteiger charge is -2.28. The first-order valence-electron chi connectivity index (χ1n) is 9.37. The summed E-state index contributed by atoms with van der Waals surface area (Å²) in [5, 5.41) is 1.76. The van der Waals surface area contributed by atoms with Gasteiger partial charge >= 0.3 is 0 Å². The van der Waals surface area contributed by atoms with E-state index in [2.05, 4.69) is 0 Å². The number of rotatable bonds is 10. The molecule has 2 rings (SSSR count). The Balaban J connectivity index is 2.34. The average Bonchev–Trinajstić information content (AvgIpc) is 2.65. The molecule has 4 nitrogen and oxygen atoms in total. The molecule has 0 saturated heterocycles. The van der Waals surface area contributed by atoms with Crippen LogP contribution >= 0.6 is 46.4 Å². The second-order valence-corrected chi connectivity index (χ2v) is 8.77. The number of ether oxygens (including phenoxy) is 2. The van der Waals surface area contributed by atoms with Crippen molar-refractivity contribution in [3.8, 4) is 11.5 Å². The van der Waals surface area contributed by atoms with Crippen molar-refractivity contribution < 1.29 is 9.47 Å². The van der Waals surface area contributed by atoms with Crippen molar-refractivity contribution in [2.75, 3.05) is 26.3 Å². The van der Waals surface area contributed by atoms with Crippen molar-refractivity contribution in [2.45, 2.75) is 32.1 Å². The van der Waals surface area contributed by atoms with Gasteiger partial charge in [-0.3, -0.25) is 0 Å². The van der Waals surface area contributed by atoms with E-state index in [4.69, 9.17) is 67.3 Å². The Bertz CT molecular complexity index is 730. The van der Waals surface area contributed by atoms with E-state index in [1.165, 1.54) is 0 Å². The van der Waals surface area contributed by atoms with Gasteiger partial charge in [0.05, 0.1) is 33.3 Å². The predicted octanol–water partition coefficient (Wildman–Crippen LogP) is 6.08. The third kappa shape index (κ3) is 6.06. The molecule has 8 heteroatoms. The van der Waals surface area contributed by atoms with Gasteiger partial charge in [-0.15, -0.1) is 0 Å². The van der Waals surface area contributed by atoms with Crippen LogP contribution in [0.25, 0.3) is 0 Å². The van der Waals surface area contributed by atoms with Gasteiger partial charge in [-0.05, 0) is 61.3 Å². The number of nitrogens with two attached hydrogens (primary N) is 2. The van der Waals surface area contributed by atoms with Gasteiger partial charge in [0.1, 0.15) is 0 Å². The van der Waals surface area contributed by atoms with E-state index >= 15 is 0 Å². The molecule has 2 aromatic carbocycles. The molecule has 0 heterocycles. The second-order valence-electron chi connectivity index (χ2n) is 7.14. The smallest absolute Gasteiger partial charge is 0.156 e. The van der Waals surface area contributed by atoms with Crippen molar-refractivity contribution in [1.82, 2.24) is 0 Å². The molecule has 0 saturated carbocycles. The highest BCUT2D eigenvalue weighted by Gasteiger charge is 2.27. The summed E-state index contributed by atoms with van der Waals surface area (Å²) in [5.74, 6) is 0.919. The number of halogens is 4. The van der Waals surface area contributed by atoms with Crippen molar-refractivity contribution in [3.05, 3.63) is 55.5 Å². The lowest BCUT2D eigenvalue weighted by Crippen LogP contribution is -2.19. The van der Waals surface area contributed by atoms with Crippen LogP contribution in [0.3, 0.4) is 0 Å². The van der Waals surface area contributed by atoms with Gasteiger partial charge < -0.3 is 20.9 Å². The third-order valence-corrected chi connectivity index (χ3v) is 5.75. The maximum Gasteiger partial charge on any atom is 0.156 e. The molecular weight excluding hydrogens is 454 g/mol. The number of hydrogen-bond donors (Lipinski definition) is 2. The van der Waals surface area contributed by atoms with Crippen LogP contribution in [-0.2, 0) is 5.41 Å². The normalized spacial score (nSPS) is 11.6. The second kappa shape index (κ2) is 10.9. The molecule has 0 atom stereocenters.